The molecule has 0 saturated heterocycles. The molecule has 1 aromatic carbocycles. The smallest absolute Gasteiger partial charge is 0.0956 e. The van der Waals surface area contributed by atoms with E-state index >= 15 is 0 Å². The molecule has 2 aromatic rings. The predicted molar refractivity (Wildman–Crippen MR) is 82.6 cm³/mol. The zero-order valence-corrected chi connectivity index (χ0v) is 12.2. The molecule has 1 aliphatic carbocycles. The number of hydrogen-bond donors (Lipinski definition) is 1. The summed E-state index contributed by atoms with van der Waals surface area (Å²) >= 11 is 1.81. The third-order valence-electron chi connectivity index (χ3n) is 4.19. The van der Waals surface area contributed by atoms with Gasteiger partial charge in [-0.3, -0.25) is 0 Å². The second kappa shape index (κ2) is 5.59. The fraction of sp³-hybridized carbons (Fsp3) is 0.562. The SMILES string of the molecule is NC1(Cc2nc3ccccc3s2)CCCCCCC1. The van der Waals surface area contributed by atoms with E-state index in [1.54, 1.807) is 0 Å². The van der Waals surface area contributed by atoms with E-state index in [4.69, 9.17) is 10.7 Å². The topological polar surface area (TPSA) is 38.9 Å². The summed E-state index contributed by atoms with van der Waals surface area (Å²) < 4.78 is 1.28. The van der Waals surface area contributed by atoms with Crippen LogP contribution in [0.2, 0.25) is 0 Å². The number of aromatic nitrogens is 1. The summed E-state index contributed by atoms with van der Waals surface area (Å²) in [7, 11) is 0. The molecule has 3 rings (SSSR count). The van der Waals surface area contributed by atoms with E-state index in [2.05, 4.69) is 24.3 Å². The van der Waals surface area contributed by atoms with Gasteiger partial charge in [-0.2, -0.15) is 0 Å². The summed E-state index contributed by atoms with van der Waals surface area (Å²) in [5.41, 5.74) is 7.75. The van der Waals surface area contributed by atoms with E-state index in [0.717, 1.165) is 24.8 Å². The Morgan fingerprint density at radius 1 is 1.05 bits per heavy atom. The monoisotopic (exact) mass is 274 g/mol. The van der Waals surface area contributed by atoms with Crippen molar-refractivity contribution in [1.82, 2.24) is 4.98 Å². The lowest BCUT2D eigenvalue weighted by Crippen LogP contribution is -2.42. The number of hydrogen-bond acceptors (Lipinski definition) is 3. The maximum absolute atomic E-state index is 6.65. The number of fused-ring (bicyclic) bond motifs is 1. The number of benzene rings is 1. The van der Waals surface area contributed by atoms with Crippen LogP contribution >= 0.6 is 11.3 Å². The molecule has 19 heavy (non-hydrogen) atoms. The van der Waals surface area contributed by atoms with Gasteiger partial charge in [-0.25, -0.2) is 4.98 Å². The molecule has 2 N–H and O–H groups in total. The van der Waals surface area contributed by atoms with E-state index < -0.39 is 0 Å². The average molecular weight is 274 g/mol. The average Bonchev–Trinajstić information content (AvgIpc) is 2.76. The van der Waals surface area contributed by atoms with Gasteiger partial charge in [-0.1, -0.05) is 44.2 Å². The van der Waals surface area contributed by atoms with E-state index in [0.29, 0.717) is 0 Å². The summed E-state index contributed by atoms with van der Waals surface area (Å²) in [5.74, 6) is 0. The largest absolute Gasteiger partial charge is 0.325 e. The maximum Gasteiger partial charge on any atom is 0.0956 e. The minimum Gasteiger partial charge on any atom is -0.325 e. The van der Waals surface area contributed by atoms with Crippen molar-refractivity contribution in [2.75, 3.05) is 0 Å². The normalized spacial score (nSPS) is 20.1. The molecule has 0 bridgehead atoms. The lowest BCUT2D eigenvalue weighted by molar-refractivity contribution is 0.314. The molecule has 0 atom stereocenters. The lowest BCUT2D eigenvalue weighted by Gasteiger charge is -2.30. The summed E-state index contributed by atoms with van der Waals surface area (Å²) in [6.07, 6.45) is 9.90. The van der Waals surface area contributed by atoms with E-state index in [9.17, 15) is 0 Å². The van der Waals surface area contributed by atoms with Crippen LogP contribution < -0.4 is 5.73 Å². The van der Waals surface area contributed by atoms with Gasteiger partial charge >= 0.3 is 0 Å². The highest BCUT2D eigenvalue weighted by Crippen LogP contribution is 2.30. The molecular weight excluding hydrogens is 252 g/mol. The second-order valence-corrected chi connectivity index (χ2v) is 7.00. The number of thiazole rings is 1. The first-order valence-electron chi connectivity index (χ1n) is 7.39. The van der Waals surface area contributed by atoms with Crippen molar-refractivity contribution in [2.24, 2.45) is 5.73 Å². The molecule has 0 amide bonds. The number of rotatable bonds is 2. The Morgan fingerprint density at radius 2 is 1.74 bits per heavy atom. The molecular formula is C16H22N2S. The van der Waals surface area contributed by atoms with Gasteiger partial charge in [0, 0.05) is 12.0 Å². The van der Waals surface area contributed by atoms with Crippen molar-refractivity contribution < 1.29 is 0 Å². The Balaban J connectivity index is 1.78. The third-order valence-corrected chi connectivity index (χ3v) is 5.23. The van der Waals surface area contributed by atoms with Crippen LogP contribution in [0.25, 0.3) is 10.2 Å². The Morgan fingerprint density at radius 3 is 2.47 bits per heavy atom. The first-order valence-corrected chi connectivity index (χ1v) is 8.20. The summed E-state index contributed by atoms with van der Waals surface area (Å²) in [4.78, 5) is 4.74. The van der Waals surface area contributed by atoms with Crippen molar-refractivity contribution in [3.05, 3.63) is 29.3 Å². The van der Waals surface area contributed by atoms with Gasteiger partial charge in [0.15, 0.2) is 0 Å². The van der Waals surface area contributed by atoms with Crippen LogP contribution in [0.1, 0.15) is 50.0 Å². The molecule has 1 aromatic heterocycles. The maximum atomic E-state index is 6.65. The minimum atomic E-state index is -0.0195. The molecule has 1 heterocycles. The molecule has 1 saturated carbocycles. The van der Waals surface area contributed by atoms with E-state index in [1.165, 1.54) is 41.8 Å². The van der Waals surface area contributed by atoms with Crippen LogP contribution in [0, 0.1) is 0 Å². The lowest BCUT2D eigenvalue weighted by atomic mass is 9.82. The summed E-state index contributed by atoms with van der Waals surface area (Å²) in [6, 6.07) is 8.38. The number of nitrogens with zero attached hydrogens (tertiary/aromatic N) is 1. The van der Waals surface area contributed by atoms with Gasteiger partial charge in [0.2, 0.25) is 0 Å². The van der Waals surface area contributed by atoms with Gasteiger partial charge in [0.1, 0.15) is 0 Å². The van der Waals surface area contributed by atoms with Crippen LogP contribution in [0.4, 0.5) is 0 Å². The molecule has 0 spiro atoms. The minimum absolute atomic E-state index is 0.0195. The van der Waals surface area contributed by atoms with Crippen molar-refractivity contribution in [2.45, 2.75) is 56.9 Å². The van der Waals surface area contributed by atoms with Crippen LogP contribution in [-0.2, 0) is 6.42 Å². The predicted octanol–water partition coefficient (Wildman–Crippen LogP) is 4.28. The standard InChI is InChI=1S/C16H22N2S/c17-16(10-6-2-1-3-7-11-16)12-15-18-13-8-4-5-9-14(13)19-15/h4-5,8-9H,1-3,6-7,10-12,17H2. The Labute approximate surface area is 119 Å². The molecule has 0 aliphatic heterocycles. The van der Waals surface area contributed by atoms with Crippen LogP contribution in [0.15, 0.2) is 24.3 Å². The van der Waals surface area contributed by atoms with Crippen molar-refractivity contribution in [3.63, 3.8) is 0 Å². The number of nitrogens with two attached hydrogens (primary N) is 1. The first-order chi connectivity index (χ1) is 9.25. The molecule has 2 nitrogen and oxygen atoms in total. The van der Waals surface area contributed by atoms with Crippen molar-refractivity contribution in [3.8, 4) is 0 Å². The van der Waals surface area contributed by atoms with Gasteiger partial charge in [0.05, 0.1) is 15.2 Å². The van der Waals surface area contributed by atoms with Gasteiger partial charge < -0.3 is 5.73 Å². The van der Waals surface area contributed by atoms with Crippen LogP contribution in [0.3, 0.4) is 0 Å². The molecule has 102 valence electrons. The Kier molecular flexibility index (Phi) is 3.85. The Bertz CT molecular complexity index is 505. The molecule has 1 aliphatic rings. The van der Waals surface area contributed by atoms with Crippen molar-refractivity contribution >= 4 is 21.6 Å². The third kappa shape index (κ3) is 3.15. The first kappa shape index (κ1) is 13.1. The highest BCUT2D eigenvalue weighted by Gasteiger charge is 2.27. The van der Waals surface area contributed by atoms with Gasteiger partial charge in [-0.05, 0) is 25.0 Å². The van der Waals surface area contributed by atoms with Gasteiger partial charge in [-0.15, -0.1) is 11.3 Å². The highest BCUT2D eigenvalue weighted by atomic mass is 32.1. The van der Waals surface area contributed by atoms with Crippen LogP contribution in [0.5, 0.6) is 0 Å². The zero-order chi connectivity index (χ0) is 13.1. The molecule has 0 unspecified atom stereocenters. The Hall–Kier alpha value is -0.930. The van der Waals surface area contributed by atoms with Crippen LogP contribution in [-0.4, -0.2) is 10.5 Å². The van der Waals surface area contributed by atoms with Crippen molar-refractivity contribution in [1.29, 1.82) is 0 Å². The summed E-state index contributed by atoms with van der Waals surface area (Å²) in [5, 5.41) is 1.21. The number of para-hydroxylation sites is 1. The fourth-order valence-corrected chi connectivity index (χ4v) is 4.21. The highest BCUT2D eigenvalue weighted by molar-refractivity contribution is 7.18. The molecule has 3 heteroatoms. The second-order valence-electron chi connectivity index (χ2n) is 5.88. The fourth-order valence-electron chi connectivity index (χ4n) is 3.08. The van der Waals surface area contributed by atoms with Gasteiger partial charge in [0.25, 0.3) is 0 Å². The van der Waals surface area contributed by atoms with E-state index in [1.807, 2.05) is 11.3 Å². The molecule has 1 fully saturated rings. The zero-order valence-electron chi connectivity index (χ0n) is 11.4. The van der Waals surface area contributed by atoms with E-state index in [-0.39, 0.29) is 5.54 Å². The summed E-state index contributed by atoms with van der Waals surface area (Å²) in [6.45, 7) is 0. The molecule has 0 radical (unpaired) electrons. The quantitative estimate of drug-likeness (QED) is 0.887.